The number of hydrogen-bond acceptors (Lipinski definition) is 10. The van der Waals surface area contributed by atoms with Gasteiger partial charge in [0.05, 0.1) is 48.0 Å². The van der Waals surface area contributed by atoms with Gasteiger partial charge in [-0.3, -0.25) is 23.9 Å². The number of aromatic nitrogens is 1. The lowest BCUT2D eigenvalue weighted by Gasteiger charge is -2.41. The first-order valence-electron chi connectivity index (χ1n) is 21.5. The molecule has 60 heavy (non-hydrogen) atoms. The van der Waals surface area contributed by atoms with Gasteiger partial charge in [-0.2, -0.15) is 0 Å². The van der Waals surface area contributed by atoms with Crippen molar-refractivity contribution in [2.45, 2.75) is 157 Å². The summed E-state index contributed by atoms with van der Waals surface area (Å²) in [7, 11) is -2.64. The van der Waals surface area contributed by atoms with Gasteiger partial charge in [0.25, 0.3) is 11.8 Å². The van der Waals surface area contributed by atoms with Crippen LogP contribution in [-0.4, -0.2) is 83.7 Å². The lowest BCUT2D eigenvalue weighted by atomic mass is 9.83. The molecular formula is C44H56F2N4O9S. The molecule has 326 valence electrons. The Morgan fingerprint density at radius 3 is 2.50 bits per heavy atom. The zero-order chi connectivity index (χ0) is 42.8. The van der Waals surface area contributed by atoms with Crippen molar-refractivity contribution in [1.82, 2.24) is 19.9 Å². The number of sulfonamides is 1. The van der Waals surface area contributed by atoms with Crippen molar-refractivity contribution in [2.24, 2.45) is 11.8 Å². The molecule has 0 radical (unpaired) electrons. The number of allylic oxidation sites excluding steroid dienone is 1. The normalized spacial score (nSPS) is 30.6. The molecule has 5 atom stereocenters. The lowest BCUT2D eigenvalue weighted by molar-refractivity contribution is -0.154. The second kappa shape index (κ2) is 15.5. The molecule has 3 aliphatic heterocycles. The van der Waals surface area contributed by atoms with Gasteiger partial charge in [-0.1, -0.05) is 38.8 Å². The largest absolute Gasteiger partial charge is 0.497 e. The Bertz CT molecular complexity index is 2220. The van der Waals surface area contributed by atoms with Gasteiger partial charge in [0.2, 0.25) is 21.8 Å². The molecule has 2 N–H and O–H groups in total. The van der Waals surface area contributed by atoms with Gasteiger partial charge in [-0.15, -0.1) is 0 Å². The maximum atomic E-state index is 17.1. The van der Waals surface area contributed by atoms with Crippen molar-refractivity contribution in [1.29, 1.82) is 0 Å². The SMILES string of the molecule is COc1ccc2nc(C(C)C)c3c(c2c1)C(F)(F)C[C@]1(C[C@H]2C(=O)N[C@]4(C(=O)NS(=O)(=O)C5(C)CC5)C[C@H]4/C=C\CCCCC[C@H](CC(=O)OC4CCCC4)C(=O)N2C1)O3. The highest BCUT2D eigenvalue weighted by atomic mass is 32.2. The van der Waals surface area contributed by atoms with E-state index >= 15 is 8.78 Å². The molecule has 3 amide bonds. The third kappa shape index (κ3) is 7.85. The van der Waals surface area contributed by atoms with Crippen LogP contribution >= 0.6 is 0 Å². The number of amides is 3. The average Bonchev–Trinajstić information content (AvgIpc) is 3.98. The Hall–Kier alpha value is -4.34. The van der Waals surface area contributed by atoms with Crippen LogP contribution < -0.4 is 19.5 Å². The van der Waals surface area contributed by atoms with Crippen LogP contribution in [0.3, 0.4) is 0 Å². The molecule has 4 fully saturated rings. The molecule has 3 aliphatic carbocycles. The molecule has 1 spiro atoms. The Morgan fingerprint density at radius 1 is 1.07 bits per heavy atom. The number of methoxy groups -OCH3 is 1. The second-order valence-electron chi connectivity index (χ2n) is 18.6. The van der Waals surface area contributed by atoms with E-state index in [0.29, 0.717) is 49.1 Å². The van der Waals surface area contributed by atoms with Crippen molar-refractivity contribution in [3.63, 3.8) is 0 Å². The molecular weight excluding hydrogens is 799 g/mol. The van der Waals surface area contributed by atoms with E-state index in [4.69, 9.17) is 19.2 Å². The molecule has 3 saturated carbocycles. The number of benzene rings is 1. The number of fused-ring (bicyclic) bond motifs is 5. The third-order valence-electron chi connectivity index (χ3n) is 13.7. The number of hydrogen-bond donors (Lipinski definition) is 2. The minimum absolute atomic E-state index is 0.108. The molecule has 1 aromatic heterocycles. The summed E-state index contributed by atoms with van der Waals surface area (Å²) in [5.41, 5.74) is -3.15. The van der Waals surface area contributed by atoms with E-state index < -0.39 is 86.4 Å². The Labute approximate surface area is 349 Å². The number of halogens is 2. The van der Waals surface area contributed by atoms with E-state index in [1.165, 1.54) is 18.1 Å². The number of rotatable bonds is 8. The topological polar surface area (TPSA) is 170 Å². The number of esters is 1. The minimum Gasteiger partial charge on any atom is -0.497 e. The molecule has 8 rings (SSSR count). The molecule has 0 bridgehead atoms. The third-order valence-corrected chi connectivity index (χ3v) is 15.8. The van der Waals surface area contributed by atoms with Crippen molar-refractivity contribution >= 4 is 44.6 Å². The molecule has 16 heteroatoms. The highest BCUT2D eigenvalue weighted by Gasteiger charge is 2.65. The van der Waals surface area contributed by atoms with Crippen molar-refractivity contribution in [3.05, 3.63) is 41.6 Å². The van der Waals surface area contributed by atoms with E-state index in [9.17, 15) is 27.6 Å². The Kier molecular flexibility index (Phi) is 11.0. The van der Waals surface area contributed by atoms with E-state index in [1.807, 2.05) is 26.0 Å². The summed E-state index contributed by atoms with van der Waals surface area (Å²) in [6.45, 7) is 4.79. The molecule has 2 aromatic rings. The van der Waals surface area contributed by atoms with Gasteiger partial charge in [-0.05, 0) is 95.2 Å². The van der Waals surface area contributed by atoms with Gasteiger partial charge in [0, 0.05) is 23.6 Å². The van der Waals surface area contributed by atoms with E-state index in [0.717, 1.165) is 38.5 Å². The summed E-state index contributed by atoms with van der Waals surface area (Å²) in [5, 5.41) is 2.99. The molecule has 13 nitrogen and oxygen atoms in total. The molecule has 6 aliphatic rings. The monoisotopic (exact) mass is 854 g/mol. The zero-order valence-electron chi connectivity index (χ0n) is 34.8. The van der Waals surface area contributed by atoms with Crippen LogP contribution in [0, 0.1) is 11.8 Å². The van der Waals surface area contributed by atoms with Crippen molar-refractivity contribution in [3.8, 4) is 11.5 Å². The zero-order valence-corrected chi connectivity index (χ0v) is 35.6. The first kappa shape index (κ1) is 42.4. The number of nitrogens with one attached hydrogen (secondary N) is 2. The van der Waals surface area contributed by atoms with Gasteiger partial charge < -0.3 is 24.4 Å². The molecule has 1 aromatic carbocycles. The number of nitrogens with zero attached hydrogens (tertiary/aromatic N) is 2. The second-order valence-corrected chi connectivity index (χ2v) is 20.8. The number of ether oxygens (including phenoxy) is 3. The van der Waals surface area contributed by atoms with E-state index in [1.54, 1.807) is 19.1 Å². The van der Waals surface area contributed by atoms with Crippen LogP contribution in [0.1, 0.15) is 134 Å². The number of carbonyl (C=O) groups is 4. The summed E-state index contributed by atoms with van der Waals surface area (Å²) in [6.07, 6.45) is 9.29. The fourth-order valence-corrected chi connectivity index (χ4v) is 11.0. The van der Waals surface area contributed by atoms with Crippen molar-refractivity contribution in [2.75, 3.05) is 13.7 Å². The summed E-state index contributed by atoms with van der Waals surface area (Å²) < 4.78 is 79.8. The fourth-order valence-electron chi connectivity index (χ4n) is 9.73. The van der Waals surface area contributed by atoms with Gasteiger partial charge in [0.1, 0.15) is 29.0 Å². The Morgan fingerprint density at radius 2 is 1.80 bits per heavy atom. The first-order chi connectivity index (χ1) is 28.4. The van der Waals surface area contributed by atoms with Crippen LogP contribution in [0.2, 0.25) is 0 Å². The first-order valence-corrected chi connectivity index (χ1v) is 23.0. The maximum Gasteiger partial charge on any atom is 0.306 e. The minimum atomic E-state index is -4.08. The molecule has 0 unspecified atom stereocenters. The van der Waals surface area contributed by atoms with Gasteiger partial charge >= 0.3 is 5.97 Å². The summed E-state index contributed by atoms with van der Waals surface area (Å²) in [6, 6.07) is 3.37. The lowest BCUT2D eigenvalue weighted by Crippen LogP contribution is -2.57. The fraction of sp³-hybridized carbons (Fsp3) is 0.659. The van der Waals surface area contributed by atoms with E-state index in [2.05, 4.69) is 10.0 Å². The number of alkyl halides is 2. The van der Waals surface area contributed by atoms with Crippen LogP contribution in [0.5, 0.6) is 11.5 Å². The molecule has 4 heterocycles. The van der Waals surface area contributed by atoms with Crippen LogP contribution in [0.4, 0.5) is 8.78 Å². The highest BCUT2D eigenvalue weighted by Crippen LogP contribution is 2.56. The maximum absolute atomic E-state index is 17.1. The average molecular weight is 855 g/mol. The molecule has 1 saturated heterocycles. The number of pyridine rings is 1. The summed E-state index contributed by atoms with van der Waals surface area (Å²) in [5.74, 6) is -7.86. The van der Waals surface area contributed by atoms with Crippen LogP contribution in [0.25, 0.3) is 10.9 Å². The smallest absolute Gasteiger partial charge is 0.306 e. The highest BCUT2D eigenvalue weighted by molar-refractivity contribution is 7.91. The van der Waals surface area contributed by atoms with Crippen molar-refractivity contribution < 1.29 is 50.6 Å². The van der Waals surface area contributed by atoms with Crippen LogP contribution in [-0.2, 0) is 39.9 Å². The van der Waals surface area contributed by atoms with Gasteiger partial charge in [-0.25, -0.2) is 22.2 Å². The predicted octanol–water partition coefficient (Wildman–Crippen LogP) is 6.47. The van der Waals surface area contributed by atoms with Gasteiger partial charge in [0.15, 0.2) is 5.75 Å². The predicted molar refractivity (Wildman–Crippen MR) is 217 cm³/mol. The standard InChI is InChI=1S/C44H56F2N4O9S/c1-26(2)36-37-35(31-21-30(57-4)16-17-32(31)47-36)44(45,46)24-42(59-37)23-33-38(52)48-43(40(54)49-60(55,56)41(3)18-19-41)22-28(43)13-9-7-5-6-8-12-27(39(53)50(33)25-42)20-34(51)58-29-14-10-11-15-29/h9,13,16-17,21,26-29,33H,5-8,10-12,14-15,18-20,22-25H2,1-4H3,(H,48,52)(H,49,54)/b13-9-/t27-,28-,33+,42+,43-/m1/s1. The van der Waals surface area contributed by atoms with E-state index in [-0.39, 0.29) is 48.0 Å². The number of carbonyl (C=O) groups excluding carboxylic acids is 4. The quantitative estimate of drug-likeness (QED) is 0.222. The van der Waals surface area contributed by atoms with Crippen LogP contribution in [0.15, 0.2) is 30.4 Å². The summed E-state index contributed by atoms with van der Waals surface area (Å²) >= 11 is 0. The Balaban J connectivity index is 1.18. The summed E-state index contributed by atoms with van der Waals surface area (Å²) in [4.78, 5) is 63.2.